The zero-order valence-corrected chi connectivity index (χ0v) is 11.7. The van der Waals surface area contributed by atoms with E-state index < -0.39 is 10.0 Å². The molecule has 0 spiro atoms. The molecule has 6 nitrogen and oxygen atoms in total. The molecule has 1 aromatic rings. The van der Waals surface area contributed by atoms with Crippen molar-refractivity contribution >= 4 is 27.5 Å². The number of halogens is 1. The number of pyridine rings is 1. The van der Waals surface area contributed by atoms with Gasteiger partial charge in [0.15, 0.2) is 0 Å². The van der Waals surface area contributed by atoms with Crippen molar-refractivity contribution < 1.29 is 13.2 Å². The zero-order chi connectivity index (χ0) is 14.0. The van der Waals surface area contributed by atoms with Gasteiger partial charge in [0, 0.05) is 37.2 Å². The Morgan fingerprint density at radius 3 is 2.89 bits per heavy atom. The Kier molecular flexibility index (Phi) is 4.07. The van der Waals surface area contributed by atoms with Crippen molar-refractivity contribution in [2.75, 3.05) is 12.3 Å². The van der Waals surface area contributed by atoms with E-state index in [1.807, 2.05) is 0 Å². The molecule has 104 valence electrons. The van der Waals surface area contributed by atoms with Crippen molar-refractivity contribution in [2.24, 2.45) is 11.1 Å². The molecule has 1 atom stereocenters. The highest BCUT2D eigenvalue weighted by atomic mass is 35.5. The Hall–Kier alpha value is -1.18. The minimum absolute atomic E-state index is 0.0893. The Labute approximate surface area is 116 Å². The Morgan fingerprint density at radius 1 is 1.53 bits per heavy atom. The van der Waals surface area contributed by atoms with Gasteiger partial charge in [-0.2, -0.15) is 0 Å². The lowest BCUT2D eigenvalue weighted by Crippen LogP contribution is -2.27. The predicted octanol–water partition coefficient (Wildman–Crippen LogP) is 0.372. The fourth-order valence-corrected chi connectivity index (χ4v) is 3.25. The van der Waals surface area contributed by atoms with E-state index in [1.165, 1.54) is 0 Å². The number of carbonyl (C=O) groups is 1. The molecular weight excluding hydrogens is 290 g/mol. The topological polar surface area (TPSA) is 93.4 Å². The van der Waals surface area contributed by atoms with Crippen LogP contribution >= 0.6 is 11.6 Å². The first-order valence-corrected chi connectivity index (χ1v) is 7.82. The molecular formula is C11H14ClN3O3S. The van der Waals surface area contributed by atoms with Crippen LogP contribution < -0.4 is 5.14 Å². The molecule has 1 fully saturated rings. The standard InChI is InChI=1S/C11H14ClN3O3S/c12-11-9(2-1-3-14-11)6-15-5-8(4-10(15)16)7-19(13,17)18/h1-3,8H,4-7H2,(H2,13,17,18). The summed E-state index contributed by atoms with van der Waals surface area (Å²) >= 11 is 5.93. The van der Waals surface area contributed by atoms with Crippen molar-refractivity contribution in [1.82, 2.24) is 9.88 Å². The number of nitrogens with zero attached hydrogens (tertiary/aromatic N) is 2. The van der Waals surface area contributed by atoms with Gasteiger partial charge in [0.25, 0.3) is 0 Å². The summed E-state index contributed by atoms with van der Waals surface area (Å²) in [7, 11) is -3.55. The molecule has 2 N–H and O–H groups in total. The van der Waals surface area contributed by atoms with Gasteiger partial charge < -0.3 is 4.90 Å². The Morgan fingerprint density at radius 2 is 2.26 bits per heavy atom. The van der Waals surface area contributed by atoms with Crippen LogP contribution in [-0.2, 0) is 21.4 Å². The second-order valence-electron chi connectivity index (χ2n) is 4.63. The number of carbonyl (C=O) groups excluding carboxylic acids is 1. The summed E-state index contributed by atoms with van der Waals surface area (Å²) in [6.07, 6.45) is 1.77. The fraction of sp³-hybridized carbons (Fsp3) is 0.455. The van der Waals surface area contributed by atoms with Gasteiger partial charge in [-0.15, -0.1) is 0 Å². The van der Waals surface area contributed by atoms with Crippen LogP contribution in [0.3, 0.4) is 0 Å². The highest BCUT2D eigenvalue weighted by Crippen LogP contribution is 2.23. The lowest BCUT2D eigenvalue weighted by Gasteiger charge is -2.16. The van der Waals surface area contributed by atoms with Crippen molar-refractivity contribution in [3.63, 3.8) is 0 Å². The first kappa shape index (κ1) is 14.2. The average molecular weight is 304 g/mol. The monoisotopic (exact) mass is 303 g/mol. The van der Waals surface area contributed by atoms with Crippen molar-refractivity contribution in [3.8, 4) is 0 Å². The smallest absolute Gasteiger partial charge is 0.223 e. The minimum atomic E-state index is -3.55. The van der Waals surface area contributed by atoms with E-state index in [0.29, 0.717) is 18.2 Å². The molecule has 0 aromatic carbocycles. The maximum atomic E-state index is 11.8. The van der Waals surface area contributed by atoms with Gasteiger partial charge in [-0.3, -0.25) is 4.79 Å². The summed E-state index contributed by atoms with van der Waals surface area (Å²) in [6, 6.07) is 3.53. The van der Waals surface area contributed by atoms with Gasteiger partial charge in [-0.05, 0) is 6.07 Å². The van der Waals surface area contributed by atoms with E-state index in [2.05, 4.69) is 4.98 Å². The van der Waals surface area contributed by atoms with E-state index in [-0.39, 0.29) is 24.0 Å². The third-order valence-corrected chi connectivity index (χ3v) is 4.24. The second-order valence-corrected chi connectivity index (χ2v) is 6.64. The maximum absolute atomic E-state index is 11.8. The number of aromatic nitrogens is 1. The van der Waals surface area contributed by atoms with Crippen LogP contribution in [0.5, 0.6) is 0 Å². The van der Waals surface area contributed by atoms with Crippen LogP contribution in [0.4, 0.5) is 0 Å². The van der Waals surface area contributed by atoms with Gasteiger partial charge in [-0.25, -0.2) is 18.5 Å². The summed E-state index contributed by atoms with van der Waals surface area (Å²) < 4.78 is 22.1. The average Bonchev–Trinajstić information content (AvgIpc) is 2.60. The Bertz CT molecular complexity index is 591. The van der Waals surface area contributed by atoms with Gasteiger partial charge in [0.05, 0.1) is 5.75 Å². The lowest BCUT2D eigenvalue weighted by atomic mass is 10.1. The molecule has 1 saturated heterocycles. The molecule has 0 saturated carbocycles. The number of hydrogen-bond donors (Lipinski definition) is 1. The van der Waals surface area contributed by atoms with E-state index in [9.17, 15) is 13.2 Å². The van der Waals surface area contributed by atoms with Crippen LogP contribution in [0.2, 0.25) is 5.15 Å². The first-order valence-electron chi connectivity index (χ1n) is 5.73. The Balaban J connectivity index is 2.03. The fourth-order valence-electron chi connectivity index (χ4n) is 2.19. The summed E-state index contributed by atoms with van der Waals surface area (Å²) in [5.41, 5.74) is 0.744. The molecule has 1 unspecified atom stereocenters. The van der Waals surface area contributed by atoms with Crippen LogP contribution in [-0.4, -0.2) is 36.5 Å². The molecule has 1 aliphatic rings. The van der Waals surface area contributed by atoms with Gasteiger partial charge >= 0.3 is 0 Å². The van der Waals surface area contributed by atoms with Gasteiger partial charge in [0.2, 0.25) is 15.9 Å². The zero-order valence-electron chi connectivity index (χ0n) is 10.1. The molecule has 1 amide bonds. The van der Waals surface area contributed by atoms with E-state index in [1.54, 1.807) is 23.2 Å². The van der Waals surface area contributed by atoms with E-state index in [4.69, 9.17) is 16.7 Å². The number of rotatable bonds is 4. The number of nitrogens with two attached hydrogens (primary N) is 1. The lowest BCUT2D eigenvalue weighted by molar-refractivity contribution is -0.128. The summed E-state index contributed by atoms with van der Waals surface area (Å²) in [4.78, 5) is 17.3. The molecule has 0 bridgehead atoms. The van der Waals surface area contributed by atoms with Crippen molar-refractivity contribution in [3.05, 3.63) is 29.0 Å². The molecule has 0 radical (unpaired) electrons. The third kappa shape index (κ3) is 3.89. The van der Waals surface area contributed by atoms with Gasteiger partial charge in [-0.1, -0.05) is 17.7 Å². The SMILES string of the molecule is NS(=O)(=O)CC1CC(=O)N(Cc2cccnc2Cl)C1. The number of sulfonamides is 1. The maximum Gasteiger partial charge on any atom is 0.223 e. The second kappa shape index (κ2) is 5.44. The quantitative estimate of drug-likeness (QED) is 0.813. The molecule has 8 heteroatoms. The van der Waals surface area contributed by atoms with Crippen LogP contribution in [0.15, 0.2) is 18.3 Å². The highest BCUT2D eigenvalue weighted by molar-refractivity contribution is 7.89. The van der Waals surface area contributed by atoms with Crippen LogP contribution in [0.1, 0.15) is 12.0 Å². The number of amides is 1. The highest BCUT2D eigenvalue weighted by Gasteiger charge is 2.32. The molecule has 19 heavy (non-hydrogen) atoms. The summed E-state index contributed by atoms with van der Waals surface area (Å²) in [5, 5.41) is 5.35. The number of primary sulfonamides is 1. The predicted molar refractivity (Wildman–Crippen MR) is 70.7 cm³/mol. The minimum Gasteiger partial charge on any atom is -0.338 e. The molecule has 2 heterocycles. The normalized spacial score (nSPS) is 20.0. The van der Waals surface area contributed by atoms with Crippen LogP contribution in [0, 0.1) is 5.92 Å². The van der Waals surface area contributed by atoms with E-state index >= 15 is 0 Å². The first-order chi connectivity index (χ1) is 8.85. The van der Waals surface area contributed by atoms with Crippen LogP contribution in [0.25, 0.3) is 0 Å². The molecule has 2 rings (SSSR count). The van der Waals surface area contributed by atoms with E-state index in [0.717, 1.165) is 5.56 Å². The number of hydrogen-bond acceptors (Lipinski definition) is 4. The summed E-state index contributed by atoms with van der Waals surface area (Å²) in [6.45, 7) is 0.715. The van der Waals surface area contributed by atoms with Crippen molar-refractivity contribution in [2.45, 2.75) is 13.0 Å². The van der Waals surface area contributed by atoms with Gasteiger partial charge in [0.1, 0.15) is 5.15 Å². The third-order valence-electron chi connectivity index (χ3n) is 2.96. The summed E-state index contributed by atoms with van der Waals surface area (Å²) in [5.74, 6) is -0.512. The molecule has 1 aliphatic heterocycles. The largest absolute Gasteiger partial charge is 0.338 e. The molecule has 0 aliphatic carbocycles. The molecule has 1 aromatic heterocycles. The number of likely N-dealkylation sites (tertiary alicyclic amines) is 1. The van der Waals surface area contributed by atoms with Crippen molar-refractivity contribution in [1.29, 1.82) is 0 Å².